The van der Waals surface area contributed by atoms with Crippen molar-refractivity contribution in [3.8, 4) is 22.6 Å². The smallest absolute Gasteiger partial charge is 0.262 e. The van der Waals surface area contributed by atoms with Crippen molar-refractivity contribution in [3.63, 3.8) is 0 Å². The second-order valence-corrected chi connectivity index (χ2v) is 8.32. The van der Waals surface area contributed by atoms with Gasteiger partial charge in [-0.1, -0.05) is 55.2 Å². The van der Waals surface area contributed by atoms with E-state index in [-0.39, 0.29) is 18.3 Å². The van der Waals surface area contributed by atoms with Crippen molar-refractivity contribution in [2.75, 3.05) is 38.2 Å². The van der Waals surface area contributed by atoms with Crippen LogP contribution in [0.5, 0.6) is 11.5 Å². The standard InChI is InChI=1S/C26H27Cl2FN2O3/c1-3-31(4-2)13-14-33-24-12-10-21(16-23(24)28)30-26(32)17-34-25-11-7-19(15-22(25)27)18-5-8-20(29)9-6-18/h5-12,15-16H,3-4,13-14,17H2,1-2H3,(H,30,32). The minimum Gasteiger partial charge on any atom is -0.491 e. The molecule has 3 aromatic carbocycles. The van der Waals surface area contributed by atoms with Crippen LogP contribution in [0.2, 0.25) is 10.0 Å². The van der Waals surface area contributed by atoms with Crippen molar-refractivity contribution in [2.24, 2.45) is 0 Å². The van der Waals surface area contributed by atoms with Crippen molar-refractivity contribution in [2.45, 2.75) is 13.8 Å². The van der Waals surface area contributed by atoms with Crippen molar-refractivity contribution >= 4 is 34.8 Å². The lowest BCUT2D eigenvalue weighted by Gasteiger charge is -2.18. The molecule has 0 spiro atoms. The van der Waals surface area contributed by atoms with Gasteiger partial charge in [0, 0.05) is 12.2 Å². The summed E-state index contributed by atoms with van der Waals surface area (Å²) in [6.07, 6.45) is 0. The predicted octanol–water partition coefficient (Wildman–Crippen LogP) is 6.54. The monoisotopic (exact) mass is 504 g/mol. The highest BCUT2D eigenvalue weighted by atomic mass is 35.5. The molecule has 1 amide bonds. The van der Waals surface area contributed by atoms with Crippen LogP contribution >= 0.6 is 23.2 Å². The zero-order chi connectivity index (χ0) is 24.5. The molecule has 0 saturated carbocycles. The van der Waals surface area contributed by atoms with Crippen LogP contribution in [0.1, 0.15) is 13.8 Å². The van der Waals surface area contributed by atoms with E-state index >= 15 is 0 Å². The second kappa shape index (κ2) is 12.6. The summed E-state index contributed by atoms with van der Waals surface area (Å²) in [7, 11) is 0. The molecule has 3 aromatic rings. The minimum atomic E-state index is -0.357. The Labute approximate surface area is 209 Å². The number of benzene rings is 3. The fourth-order valence-corrected chi connectivity index (χ4v) is 3.77. The lowest BCUT2D eigenvalue weighted by molar-refractivity contribution is -0.118. The van der Waals surface area contributed by atoms with Crippen LogP contribution in [0, 0.1) is 5.82 Å². The molecule has 0 aromatic heterocycles. The zero-order valence-corrected chi connectivity index (χ0v) is 20.6. The normalized spacial score (nSPS) is 10.9. The molecule has 0 aliphatic carbocycles. The molecule has 0 bridgehead atoms. The Morgan fingerprint density at radius 2 is 1.50 bits per heavy atom. The number of nitrogens with zero attached hydrogens (tertiary/aromatic N) is 1. The highest BCUT2D eigenvalue weighted by Crippen LogP contribution is 2.31. The maximum absolute atomic E-state index is 13.1. The summed E-state index contributed by atoms with van der Waals surface area (Å²) in [5, 5.41) is 3.51. The molecule has 0 aliphatic rings. The largest absolute Gasteiger partial charge is 0.491 e. The van der Waals surface area contributed by atoms with E-state index in [1.54, 1.807) is 48.5 Å². The molecule has 5 nitrogen and oxygen atoms in total. The molecule has 0 atom stereocenters. The molecular weight excluding hydrogens is 478 g/mol. The molecule has 34 heavy (non-hydrogen) atoms. The molecule has 3 rings (SSSR count). The quantitative estimate of drug-likeness (QED) is 0.322. The molecule has 8 heteroatoms. The Morgan fingerprint density at radius 1 is 0.882 bits per heavy atom. The molecule has 0 heterocycles. The molecule has 0 aliphatic heterocycles. The van der Waals surface area contributed by atoms with E-state index in [1.807, 2.05) is 0 Å². The van der Waals surface area contributed by atoms with Gasteiger partial charge in [0.2, 0.25) is 0 Å². The first-order valence-electron chi connectivity index (χ1n) is 11.0. The van der Waals surface area contributed by atoms with Crippen LogP contribution in [0.3, 0.4) is 0 Å². The van der Waals surface area contributed by atoms with Gasteiger partial charge in [-0.25, -0.2) is 4.39 Å². The van der Waals surface area contributed by atoms with Gasteiger partial charge in [0.1, 0.15) is 23.9 Å². The van der Waals surface area contributed by atoms with Crippen LogP contribution in [0.15, 0.2) is 60.7 Å². The number of hydrogen-bond donors (Lipinski definition) is 1. The fraction of sp³-hybridized carbons (Fsp3) is 0.269. The number of anilines is 1. The van der Waals surface area contributed by atoms with Gasteiger partial charge < -0.3 is 19.7 Å². The van der Waals surface area contributed by atoms with Crippen LogP contribution < -0.4 is 14.8 Å². The van der Waals surface area contributed by atoms with E-state index in [0.717, 1.165) is 30.8 Å². The van der Waals surface area contributed by atoms with E-state index in [0.29, 0.717) is 33.8 Å². The van der Waals surface area contributed by atoms with Gasteiger partial charge >= 0.3 is 0 Å². The summed E-state index contributed by atoms with van der Waals surface area (Å²) in [5.74, 6) is 0.276. The summed E-state index contributed by atoms with van der Waals surface area (Å²) < 4.78 is 24.4. The average molecular weight is 505 g/mol. The van der Waals surface area contributed by atoms with Crippen LogP contribution in [0.4, 0.5) is 10.1 Å². The molecule has 1 N–H and O–H groups in total. The van der Waals surface area contributed by atoms with Gasteiger partial charge in [-0.2, -0.15) is 0 Å². The third kappa shape index (κ3) is 7.35. The van der Waals surface area contributed by atoms with Gasteiger partial charge in [-0.15, -0.1) is 0 Å². The molecule has 0 radical (unpaired) electrons. The Balaban J connectivity index is 1.51. The van der Waals surface area contributed by atoms with Gasteiger partial charge in [0.25, 0.3) is 5.91 Å². The highest BCUT2D eigenvalue weighted by molar-refractivity contribution is 6.32. The van der Waals surface area contributed by atoms with E-state index < -0.39 is 0 Å². The van der Waals surface area contributed by atoms with Gasteiger partial charge in [-0.3, -0.25) is 4.79 Å². The molecule has 0 unspecified atom stereocenters. The maximum atomic E-state index is 13.1. The highest BCUT2D eigenvalue weighted by Gasteiger charge is 2.10. The number of carbonyl (C=O) groups excluding carboxylic acids is 1. The third-order valence-corrected chi connectivity index (χ3v) is 5.83. The Bertz CT molecular complexity index is 1110. The predicted molar refractivity (Wildman–Crippen MR) is 136 cm³/mol. The first-order valence-corrected chi connectivity index (χ1v) is 11.8. The number of halogens is 3. The van der Waals surface area contributed by atoms with Crippen molar-refractivity contribution < 1.29 is 18.7 Å². The van der Waals surface area contributed by atoms with Crippen molar-refractivity contribution in [1.29, 1.82) is 0 Å². The first kappa shape index (κ1) is 25.8. The number of carbonyl (C=O) groups is 1. The SMILES string of the molecule is CCN(CC)CCOc1ccc(NC(=O)COc2ccc(-c3ccc(F)cc3)cc2Cl)cc1Cl. The summed E-state index contributed by atoms with van der Waals surface area (Å²) in [6, 6.07) is 16.4. The minimum absolute atomic E-state index is 0.227. The van der Waals surface area contributed by atoms with Crippen molar-refractivity contribution in [1.82, 2.24) is 4.90 Å². The number of rotatable bonds is 11. The molecule has 0 saturated heterocycles. The molecule has 0 fully saturated rings. The Morgan fingerprint density at radius 3 is 2.15 bits per heavy atom. The number of nitrogens with one attached hydrogen (secondary N) is 1. The van der Waals surface area contributed by atoms with Crippen LogP contribution in [0.25, 0.3) is 11.1 Å². The maximum Gasteiger partial charge on any atom is 0.262 e. The van der Waals surface area contributed by atoms with Gasteiger partial charge in [-0.05, 0) is 66.7 Å². The molecular formula is C26H27Cl2FN2O3. The zero-order valence-electron chi connectivity index (χ0n) is 19.1. The summed E-state index contributed by atoms with van der Waals surface area (Å²) in [5.41, 5.74) is 2.17. The second-order valence-electron chi connectivity index (χ2n) is 7.51. The average Bonchev–Trinajstić information content (AvgIpc) is 2.83. The summed E-state index contributed by atoms with van der Waals surface area (Å²) >= 11 is 12.6. The van der Waals surface area contributed by atoms with Gasteiger partial charge in [0.15, 0.2) is 6.61 Å². The third-order valence-electron chi connectivity index (χ3n) is 5.24. The Kier molecular flexibility index (Phi) is 9.57. The van der Waals surface area contributed by atoms with E-state index in [9.17, 15) is 9.18 Å². The number of hydrogen-bond acceptors (Lipinski definition) is 4. The number of amides is 1. The van der Waals surface area contributed by atoms with E-state index in [1.165, 1.54) is 12.1 Å². The first-order chi connectivity index (χ1) is 16.4. The van der Waals surface area contributed by atoms with Gasteiger partial charge in [0.05, 0.1) is 10.0 Å². The van der Waals surface area contributed by atoms with E-state index in [2.05, 4.69) is 24.1 Å². The number of ether oxygens (including phenoxy) is 2. The summed E-state index contributed by atoms with van der Waals surface area (Å²) in [4.78, 5) is 14.6. The van der Waals surface area contributed by atoms with Crippen LogP contribution in [-0.4, -0.2) is 43.7 Å². The lowest BCUT2D eigenvalue weighted by atomic mass is 10.1. The fourth-order valence-electron chi connectivity index (χ4n) is 3.30. The van der Waals surface area contributed by atoms with E-state index in [4.69, 9.17) is 32.7 Å². The topological polar surface area (TPSA) is 50.8 Å². The number of likely N-dealkylation sites (N-methyl/N-ethyl adjacent to an activating group) is 1. The Hall–Kier alpha value is -2.80. The summed E-state index contributed by atoms with van der Waals surface area (Å²) in [6.45, 7) is 7.25. The lowest BCUT2D eigenvalue weighted by Crippen LogP contribution is -2.27. The van der Waals surface area contributed by atoms with Crippen LogP contribution in [-0.2, 0) is 4.79 Å². The van der Waals surface area contributed by atoms with Crippen molar-refractivity contribution in [3.05, 3.63) is 76.5 Å². The molecule has 180 valence electrons.